The molecular formula is C14H22O3Si. The van der Waals surface area contributed by atoms with E-state index in [0.717, 1.165) is 30.3 Å². The Morgan fingerprint density at radius 1 is 1.28 bits per heavy atom. The predicted octanol–water partition coefficient (Wildman–Crippen LogP) is 3.50. The molecule has 100 valence electrons. The van der Waals surface area contributed by atoms with E-state index in [9.17, 15) is 4.79 Å². The molecule has 0 aromatic heterocycles. The summed E-state index contributed by atoms with van der Waals surface area (Å²) in [5.41, 5.74) is 1.62. The zero-order chi connectivity index (χ0) is 13.6. The van der Waals surface area contributed by atoms with E-state index in [1.54, 1.807) is 12.1 Å². The number of hydrogen-bond acceptors (Lipinski definition) is 3. The van der Waals surface area contributed by atoms with Gasteiger partial charge in [0, 0.05) is 20.2 Å². The fourth-order valence-corrected chi connectivity index (χ4v) is 2.17. The molecule has 0 amide bonds. The van der Waals surface area contributed by atoms with Gasteiger partial charge in [-0.25, -0.2) is 0 Å². The van der Waals surface area contributed by atoms with Gasteiger partial charge in [-0.3, -0.25) is 4.79 Å². The Balaban J connectivity index is 2.32. The molecule has 1 aromatic rings. The maximum atomic E-state index is 10.7. The van der Waals surface area contributed by atoms with Crippen molar-refractivity contribution in [3.63, 3.8) is 0 Å². The molecule has 1 aromatic carbocycles. The summed E-state index contributed by atoms with van der Waals surface area (Å²) < 4.78 is 10.9. The highest BCUT2D eigenvalue weighted by molar-refractivity contribution is 6.76. The first kappa shape index (κ1) is 14.9. The third-order valence-corrected chi connectivity index (χ3v) is 4.38. The Labute approximate surface area is 110 Å². The molecule has 0 aliphatic rings. The molecule has 0 fully saturated rings. The Kier molecular flexibility index (Phi) is 5.56. The molecule has 0 unspecified atom stereocenters. The monoisotopic (exact) mass is 266 g/mol. The highest BCUT2D eigenvalue weighted by Gasteiger charge is 2.11. The molecule has 0 aliphatic heterocycles. The molecule has 0 radical (unpaired) electrons. The van der Waals surface area contributed by atoms with Crippen LogP contribution in [0.25, 0.3) is 0 Å². The van der Waals surface area contributed by atoms with Crippen LogP contribution < -0.4 is 4.74 Å². The third-order valence-electron chi connectivity index (χ3n) is 2.67. The van der Waals surface area contributed by atoms with Gasteiger partial charge in [-0.05, 0) is 36.7 Å². The van der Waals surface area contributed by atoms with Crippen molar-refractivity contribution in [1.82, 2.24) is 0 Å². The first-order valence-electron chi connectivity index (χ1n) is 6.19. The summed E-state index contributed by atoms with van der Waals surface area (Å²) in [6.07, 6.45) is 0.851. The van der Waals surface area contributed by atoms with Crippen LogP contribution in [0.5, 0.6) is 5.75 Å². The lowest BCUT2D eigenvalue weighted by atomic mass is 10.1. The van der Waals surface area contributed by atoms with Crippen LogP contribution in [0.4, 0.5) is 0 Å². The third kappa shape index (κ3) is 5.47. The van der Waals surface area contributed by atoms with Crippen molar-refractivity contribution >= 4 is 14.4 Å². The standard InChI is InChI=1S/C14H22O3Si/c1-12-9-14(6-5-13(12)10-15)17-11-16-7-8-18(2,3)4/h5-6,9-10H,7-8,11H2,1-4H3. The van der Waals surface area contributed by atoms with Gasteiger partial charge in [-0.1, -0.05) is 19.6 Å². The van der Waals surface area contributed by atoms with E-state index in [2.05, 4.69) is 19.6 Å². The zero-order valence-corrected chi connectivity index (χ0v) is 12.7. The fourth-order valence-electron chi connectivity index (χ4n) is 1.42. The van der Waals surface area contributed by atoms with E-state index in [-0.39, 0.29) is 6.79 Å². The molecule has 0 saturated heterocycles. The summed E-state index contributed by atoms with van der Waals surface area (Å²) >= 11 is 0. The molecule has 0 aliphatic carbocycles. The van der Waals surface area contributed by atoms with Gasteiger partial charge in [-0.2, -0.15) is 0 Å². The van der Waals surface area contributed by atoms with Crippen LogP contribution in [0, 0.1) is 6.92 Å². The molecule has 4 heteroatoms. The summed E-state index contributed by atoms with van der Waals surface area (Å²) in [6, 6.07) is 6.55. The van der Waals surface area contributed by atoms with Crippen molar-refractivity contribution in [2.45, 2.75) is 32.6 Å². The van der Waals surface area contributed by atoms with E-state index in [1.165, 1.54) is 0 Å². The van der Waals surface area contributed by atoms with Crippen LogP contribution in [0.1, 0.15) is 15.9 Å². The van der Waals surface area contributed by atoms with Crippen molar-refractivity contribution in [3.05, 3.63) is 29.3 Å². The number of rotatable bonds is 7. The number of ether oxygens (including phenoxy) is 2. The van der Waals surface area contributed by atoms with Crippen molar-refractivity contribution in [1.29, 1.82) is 0 Å². The van der Waals surface area contributed by atoms with Gasteiger partial charge >= 0.3 is 0 Å². The fraction of sp³-hybridized carbons (Fsp3) is 0.500. The lowest BCUT2D eigenvalue weighted by Gasteiger charge is -2.15. The van der Waals surface area contributed by atoms with Gasteiger partial charge in [0.15, 0.2) is 6.79 Å². The van der Waals surface area contributed by atoms with Gasteiger partial charge in [0.25, 0.3) is 0 Å². The van der Waals surface area contributed by atoms with Gasteiger partial charge in [-0.15, -0.1) is 0 Å². The van der Waals surface area contributed by atoms with Gasteiger partial charge in [0.2, 0.25) is 0 Å². The number of aryl methyl sites for hydroxylation is 1. The molecule has 0 heterocycles. The molecule has 0 saturated carbocycles. The van der Waals surface area contributed by atoms with Crippen molar-refractivity contribution in [2.24, 2.45) is 0 Å². The van der Waals surface area contributed by atoms with E-state index < -0.39 is 8.07 Å². The quantitative estimate of drug-likeness (QED) is 0.328. The van der Waals surface area contributed by atoms with Gasteiger partial charge in [0.05, 0.1) is 0 Å². The Hall–Kier alpha value is -1.13. The lowest BCUT2D eigenvalue weighted by molar-refractivity contribution is 0.0220. The molecule has 0 atom stereocenters. The van der Waals surface area contributed by atoms with E-state index in [0.29, 0.717) is 5.56 Å². The molecule has 1 rings (SSSR count). The molecule has 0 N–H and O–H groups in total. The lowest BCUT2D eigenvalue weighted by Crippen LogP contribution is -2.22. The summed E-state index contributed by atoms with van der Waals surface area (Å²) in [5.74, 6) is 0.742. The van der Waals surface area contributed by atoms with Gasteiger partial charge in [0.1, 0.15) is 12.0 Å². The normalized spacial score (nSPS) is 11.3. The average molecular weight is 266 g/mol. The topological polar surface area (TPSA) is 35.5 Å². The summed E-state index contributed by atoms with van der Waals surface area (Å²) in [7, 11) is -1.03. The second-order valence-corrected chi connectivity index (χ2v) is 11.2. The minimum absolute atomic E-state index is 0.268. The highest BCUT2D eigenvalue weighted by atomic mass is 28.3. The van der Waals surface area contributed by atoms with Crippen LogP contribution in [-0.2, 0) is 4.74 Å². The molecule has 0 bridgehead atoms. The number of carbonyl (C=O) groups is 1. The van der Waals surface area contributed by atoms with Crippen LogP contribution in [-0.4, -0.2) is 27.8 Å². The number of carbonyl (C=O) groups excluding carboxylic acids is 1. The Bertz CT molecular complexity index is 397. The first-order chi connectivity index (χ1) is 8.42. The smallest absolute Gasteiger partial charge is 0.189 e. The summed E-state index contributed by atoms with van der Waals surface area (Å²) in [4.78, 5) is 10.7. The Morgan fingerprint density at radius 3 is 2.56 bits per heavy atom. The van der Waals surface area contributed by atoms with Crippen LogP contribution in [0.15, 0.2) is 18.2 Å². The minimum atomic E-state index is -1.03. The van der Waals surface area contributed by atoms with Crippen molar-refractivity contribution < 1.29 is 14.3 Å². The number of hydrogen-bond donors (Lipinski definition) is 0. The zero-order valence-electron chi connectivity index (χ0n) is 11.7. The molecule has 18 heavy (non-hydrogen) atoms. The number of benzene rings is 1. The maximum absolute atomic E-state index is 10.7. The second-order valence-electron chi connectivity index (χ2n) is 5.62. The van der Waals surface area contributed by atoms with E-state index in [4.69, 9.17) is 9.47 Å². The van der Waals surface area contributed by atoms with Gasteiger partial charge < -0.3 is 9.47 Å². The van der Waals surface area contributed by atoms with Crippen LogP contribution in [0.2, 0.25) is 25.7 Å². The first-order valence-corrected chi connectivity index (χ1v) is 9.89. The number of aldehydes is 1. The summed E-state index contributed by atoms with van der Waals surface area (Å²) in [5, 5.41) is 0. The van der Waals surface area contributed by atoms with E-state index in [1.807, 2.05) is 13.0 Å². The van der Waals surface area contributed by atoms with Crippen molar-refractivity contribution in [3.8, 4) is 5.75 Å². The average Bonchev–Trinajstić information content (AvgIpc) is 2.27. The van der Waals surface area contributed by atoms with Crippen molar-refractivity contribution in [2.75, 3.05) is 13.4 Å². The maximum Gasteiger partial charge on any atom is 0.189 e. The molecule has 3 nitrogen and oxygen atoms in total. The second kappa shape index (κ2) is 6.71. The summed E-state index contributed by atoms with van der Waals surface area (Å²) in [6.45, 7) is 9.87. The van der Waals surface area contributed by atoms with Crippen LogP contribution >= 0.6 is 0 Å². The predicted molar refractivity (Wildman–Crippen MR) is 76.2 cm³/mol. The minimum Gasteiger partial charge on any atom is -0.468 e. The molecule has 0 spiro atoms. The SMILES string of the molecule is Cc1cc(OCOCC[Si](C)(C)C)ccc1C=O. The van der Waals surface area contributed by atoms with E-state index >= 15 is 0 Å². The van der Waals surface area contributed by atoms with Crippen LogP contribution in [0.3, 0.4) is 0 Å². The highest BCUT2D eigenvalue weighted by Crippen LogP contribution is 2.16. The Morgan fingerprint density at radius 2 is 2.00 bits per heavy atom. The molecular weight excluding hydrogens is 244 g/mol. The largest absolute Gasteiger partial charge is 0.468 e.